The molecule has 1 N–H and O–H groups in total. The van der Waals surface area contributed by atoms with Gasteiger partial charge in [0.2, 0.25) is 0 Å². The van der Waals surface area contributed by atoms with E-state index < -0.39 is 0 Å². The third-order valence-electron chi connectivity index (χ3n) is 4.40. The number of benzene rings is 1. The van der Waals surface area contributed by atoms with Crippen molar-refractivity contribution in [1.82, 2.24) is 14.9 Å². The first kappa shape index (κ1) is 15.8. The number of nitrogens with one attached hydrogen (secondary N) is 1. The van der Waals surface area contributed by atoms with E-state index in [2.05, 4.69) is 22.6 Å². The number of aryl methyl sites for hydroxylation is 1. The molecule has 0 unspecified atom stereocenters. The summed E-state index contributed by atoms with van der Waals surface area (Å²) >= 11 is 5.60. The predicted octanol–water partition coefficient (Wildman–Crippen LogP) is 3.74. The molecule has 2 aromatic heterocycles. The highest BCUT2D eigenvalue weighted by molar-refractivity contribution is 7.80. The quantitative estimate of drug-likeness (QED) is 0.728. The fraction of sp³-hybridized carbons (Fsp3) is 0.158. The molecular weight excluding hydrogens is 335 g/mol. The van der Waals surface area contributed by atoms with E-state index in [0.717, 1.165) is 16.9 Å². The first-order valence-electron chi connectivity index (χ1n) is 8.01. The van der Waals surface area contributed by atoms with Gasteiger partial charge in [0.25, 0.3) is 0 Å². The normalized spacial score (nSPS) is 19.9. The van der Waals surface area contributed by atoms with E-state index in [0.29, 0.717) is 5.11 Å². The number of hydrogen-bond acceptors (Lipinski definition) is 2. The van der Waals surface area contributed by atoms with Crippen LogP contribution in [-0.2, 0) is 7.05 Å². The molecule has 0 radical (unpaired) electrons. The Bertz CT molecular complexity index is 891. The lowest BCUT2D eigenvalue weighted by molar-refractivity contribution is 0.567. The molecule has 25 heavy (non-hydrogen) atoms. The monoisotopic (exact) mass is 352 g/mol. The van der Waals surface area contributed by atoms with Gasteiger partial charge in [0.15, 0.2) is 5.11 Å². The lowest BCUT2D eigenvalue weighted by Gasteiger charge is -2.27. The summed E-state index contributed by atoms with van der Waals surface area (Å²) in [4.78, 5) is 6.54. The van der Waals surface area contributed by atoms with Crippen LogP contribution in [-0.4, -0.2) is 14.7 Å². The molecule has 0 spiro atoms. The number of rotatable bonds is 3. The van der Waals surface area contributed by atoms with Crippen molar-refractivity contribution in [2.24, 2.45) is 7.05 Å². The van der Waals surface area contributed by atoms with Crippen LogP contribution in [0.2, 0.25) is 0 Å². The van der Waals surface area contributed by atoms with Crippen LogP contribution in [0.5, 0.6) is 0 Å². The second kappa shape index (κ2) is 6.29. The van der Waals surface area contributed by atoms with Gasteiger partial charge in [0.05, 0.1) is 17.8 Å². The van der Waals surface area contributed by atoms with E-state index in [1.807, 2.05) is 40.9 Å². The number of thiocarbonyl (C=S) groups is 1. The zero-order valence-corrected chi connectivity index (χ0v) is 14.4. The van der Waals surface area contributed by atoms with Crippen LogP contribution in [0.3, 0.4) is 0 Å². The van der Waals surface area contributed by atoms with Crippen molar-refractivity contribution in [3.8, 4) is 0 Å². The minimum absolute atomic E-state index is 0.0611. The van der Waals surface area contributed by atoms with E-state index in [9.17, 15) is 4.39 Å². The summed E-state index contributed by atoms with van der Waals surface area (Å²) in [6.45, 7) is 0. The third-order valence-corrected chi connectivity index (χ3v) is 4.71. The molecule has 1 aliphatic rings. The first-order chi connectivity index (χ1) is 12.1. The molecule has 1 fully saturated rings. The predicted molar refractivity (Wildman–Crippen MR) is 99.7 cm³/mol. The molecule has 0 bridgehead atoms. The van der Waals surface area contributed by atoms with Gasteiger partial charge >= 0.3 is 0 Å². The second-order valence-electron chi connectivity index (χ2n) is 6.08. The number of aromatic nitrogens is 2. The maximum Gasteiger partial charge on any atom is 0.174 e. The Kier molecular flexibility index (Phi) is 3.97. The standard InChI is InChI=1S/C19H17FN4S/c1-23-11-9-13(12-23)18-17(16-4-2-3-10-21-16)22-19(25)24(18)15-7-5-14(20)6-8-15/h2-12,17-18H,1H3,(H,22,25)/t17-,18+/m0/s1. The Morgan fingerprint density at radius 1 is 1.12 bits per heavy atom. The summed E-state index contributed by atoms with van der Waals surface area (Å²) in [5.74, 6) is -0.264. The van der Waals surface area contributed by atoms with Crippen molar-refractivity contribution in [3.05, 3.63) is 84.2 Å². The lowest BCUT2D eigenvalue weighted by Crippen LogP contribution is -2.29. The number of anilines is 1. The average Bonchev–Trinajstić information content (AvgIpc) is 3.20. The van der Waals surface area contributed by atoms with Crippen LogP contribution in [0.15, 0.2) is 67.1 Å². The molecule has 126 valence electrons. The molecule has 3 aromatic rings. The molecule has 6 heteroatoms. The van der Waals surface area contributed by atoms with Gasteiger partial charge in [-0.1, -0.05) is 6.07 Å². The van der Waals surface area contributed by atoms with Crippen LogP contribution in [0.4, 0.5) is 10.1 Å². The van der Waals surface area contributed by atoms with Crippen LogP contribution in [0.1, 0.15) is 23.3 Å². The largest absolute Gasteiger partial charge is 0.357 e. The van der Waals surface area contributed by atoms with E-state index in [4.69, 9.17) is 12.2 Å². The third kappa shape index (κ3) is 2.89. The molecule has 1 aliphatic heterocycles. The molecular formula is C19H17FN4S. The molecule has 4 rings (SSSR count). The molecule has 2 atom stereocenters. The maximum absolute atomic E-state index is 13.4. The Labute approximate surface area is 150 Å². The highest BCUT2D eigenvalue weighted by Gasteiger charge is 2.40. The summed E-state index contributed by atoms with van der Waals surface area (Å²) < 4.78 is 15.4. The Hall–Kier alpha value is -2.73. The summed E-state index contributed by atoms with van der Waals surface area (Å²) in [6.07, 6.45) is 5.87. The van der Waals surface area contributed by atoms with Gasteiger partial charge in [-0.15, -0.1) is 0 Å². The fourth-order valence-corrected chi connectivity index (χ4v) is 3.62. The van der Waals surface area contributed by atoms with E-state index in [1.165, 1.54) is 12.1 Å². The zero-order valence-electron chi connectivity index (χ0n) is 13.6. The molecule has 0 amide bonds. The van der Waals surface area contributed by atoms with Crippen molar-refractivity contribution < 1.29 is 4.39 Å². The number of pyridine rings is 1. The first-order valence-corrected chi connectivity index (χ1v) is 8.42. The van der Waals surface area contributed by atoms with Crippen molar-refractivity contribution in [2.75, 3.05) is 4.90 Å². The van der Waals surface area contributed by atoms with Crippen LogP contribution in [0.25, 0.3) is 0 Å². The molecule has 0 saturated carbocycles. The highest BCUT2D eigenvalue weighted by Crippen LogP contribution is 2.41. The van der Waals surface area contributed by atoms with E-state index >= 15 is 0 Å². The smallest absolute Gasteiger partial charge is 0.174 e. The minimum atomic E-state index is -0.264. The van der Waals surface area contributed by atoms with Gasteiger partial charge in [0.1, 0.15) is 5.82 Å². The lowest BCUT2D eigenvalue weighted by atomic mass is 9.98. The highest BCUT2D eigenvalue weighted by atomic mass is 32.1. The van der Waals surface area contributed by atoms with Gasteiger partial charge in [-0.3, -0.25) is 4.98 Å². The molecule has 0 aliphatic carbocycles. The average molecular weight is 352 g/mol. The zero-order chi connectivity index (χ0) is 17.4. The van der Waals surface area contributed by atoms with E-state index in [1.54, 1.807) is 18.3 Å². The van der Waals surface area contributed by atoms with E-state index in [-0.39, 0.29) is 17.9 Å². The second-order valence-corrected chi connectivity index (χ2v) is 6.47. The number of halogens is 1. The molecule has 4 nitrogen and oxygen atoms in total. The van der Waals surface area contributed by atoms with Gasteiger partial charge in [-0.2, -0.15) is 0 Å². The molecule has 3 heterocycles. The van der Waals surface area contributed by atoms with Crippen LogP contribution >= 0.6 is 12.2 Å². The summed E-state index contributed by atoms with van der Waals surface area (Å²) in [5, 5.41) is 3.99. The Morgan fingerprint density at radius 2 is 1.92 bits per heavy atom. The van der Waals surface area contributed by atoms with Gasteiger partial charge < -0.3 is 14.8 Å². The summed E-state index contributed by atoms with van der Waals surface area (Å²) in [7, 11) is 1.99. The van der Waals surface area contributed by atoms with Gasteiger partial charge in [-0.25, -0.2) is 4.39 Å². The molecule has 1 aromatic carbocycles. The Morgan fingerprint density at radius 3 is 2.56 bits per heavy atom. The fourth-order valence-electron chi connectivity index (χ4n) is 3.27. The minimum Gasteiger partial charge on any atom is -0.357 e. The SMILES string of the molecule is Cn1ccc([C@@H]2[C@H](c3ccccn3)NC(=S)N2c2ccc(F)cc2)c1. The van der Waals surface area contributed by atoms with Gasteiger partial charge in [0, 0.05) is 31.3 Å². The van der Waals surface area contributed by atoms with Crippen molar-refractivity contribution >= 4 is 23.0 Å². The van der Waals surface area contributed by atoms with Crippen LogP contribution < -0.4 is 10.2 Å². The molecule has 1 saturated heterocycles. The maximum atomic E-state index is 13.4. The van der Waals surface area contributed by atoms with Gasteiger partial charge in [-0.05, 0) is 60.2 Å². The number of nitrogens with zero attached hydrogens (tertiary/aromatic N) is 3. The topological polar surface area (TPSA) is 33.1 Å². The Balaban J connectivity index is 1.81. The van der Waals surface area contributed by atoms with Crippen molar-refractivity contribution in [1.29, 1.82) is 0 Å². The van der Waals surface area contributed by atoms with Crippen molar-refractivity contribution in [3.63, 3.8) is 0 Å². The van der Waals surface area contributed by atoms with Crippen molar-refractivity contribution in [2.45, 2.75) is 12.1 Å². The van der Waals surface area contributed by atoms with Crippen LogP contribution in [0, 0.1) is 5.82 Å². The summed E-state index contributed by atoms with van der Waals surface area (Å²) in [6, 6.07) is 14.2. The summed E-state index contributed by atoms with van der Waals surface area (Å²) in [5.41, 5.74) is 2.89. The number of hydrogen-bond donors (Lipinski definition) is 1.